The molecule has 0 unspecified atom stereocenters. The molecule has 0 aliphatic carbocycles. The average molecular weight is 548 g/mol. The summed E-state index contributed by atoms with van der Waals surface area (Å²) < 4.78 is 32.5. The molecule has 11 nitrogen and oxygen atoms in total. The molecular weight excluding hydrogens is 502 g/mol. The van der Waals surface area contributed by atoms with Gasteiger partial charge in [0.05, 0.1) is 66.1 Å². The highest BCUT2D eigenvalue weighted by molar-refractivity contribution is 5.66. The Morgan fingerprint density at radius 1 is 0.667 bits per heavy atom. The van der Waals surface area contributed by atoms with Crippen LogP contribution in [0.3, 0.4) is 0 Å². The molecular formula is C28H45N5O6. The summed E-state index contributed by atoms with van der Waals surface area (Å²) in [5.74, 6) is 1.73. The standard InChI is InChI=1S/C28H45N5O6/c1-23(2)24-7-9-25(10-8-24)26-29-27(32(3)4)31-28(30-26)33(11-13-36-19-21-38-17-15-34-5)12-14-37-20-22-39-18-16-35-6/h7-10H,1,11-22H2,2-6H3. The lowest BCUT2D eigenvalue weighted by atomic mass is 10.1. The molecule has 0 bridgehead atoms. The van der Waals surface area contributed by atoms with Gasteiger partial charge in [0, 0.05) is 47.0 Å². The van der Waals surface area contributed by atoms with Crippen molar-refractivity contribution in [1.29, 1.82) is 0 Å². The molecule has 0 aliphatic heterocycles. The van der Waals surface area contributed by atoms with Crippen molar-refractivity contribution in [2.24, 2.45) is 0 Å². The van der Waals surface area contributed by atoms with Crippen LogP contribution in [0.1, 0.15) is 12.5 Å². The SMILES string of the molecule is C=C(C)c1ccc(-c2nc(N(C)C)nc(N(CCOCCOCCOC)CCOCCOCCOC)n2)cc1. The van der Waals surface area contributed by atoms with E-state index in [1.165, 1.54) is 0 Å². The van der Waals surface area contributed by atoms with E-state index in [-0.39, 0.29) is 0 Å². The van der Waals surface area contributed by atoms with E-state index in [0.717, 1.165) is 16.7 Å². The summed E-state index contributed by atoms with van der Waals surface area (Å²) in [4.78, 5) is 18.2. The van der Waals surface area contributed by atoms with Crippen molar-refractivity contribution in [3.63, 3.8) is 0 Å². The first-order valence-corrected chi connectivity index (χ1v) is 13.2. The van der Waals surface area contributed by atoms with E-state index in [9.17, 15) is 0 Å². The monoisotopic (exact) mass is 547 g/mol. The lowest BCUT2D eigenvalue weighted by Crippen LogP contribution is -2.34. The Hall–Kier alpha value is -2.67. The fourth-order valence-electron chi connectivity index (χ4n) is 3.32. The summed E-state index contributed by atoms with van der Waals surface area (Å²) in [6.45, 7) is 12.4. The van der Waals surface area contributed by atoms with Gasteiger partial charge in [-0.25, -0.2) is 0 Å². The maximum atomic E-state index is 5.81. The first-order valence-electron chi connectivity index (χ1n) is 13.2. The number of anilines is 2. The Kier molecular flexibility index (Phi) is 16.2. The Balaban J connectivity index is 2.10. The minimum atomic E-state index is 0.486. The Morgan fingerprint density at radius 2 is 1.13 bits per heavy atom. The highest BCUT2D eigenvalue weighted by Crippen LogP contribution is 2.23. The molecule has 0 radical (unpaired) electrons. The van der Waals surface area contributed by atoms with E-state index in [0.29, 0.717) is 96.9 Å². The van der Waals surface area contributed by atoms with Gasteiger partial charge in [-0.05, 0) is 12.5 Å². The van der Waals surface area contributed by atoms with Gasteiger partial charge >= 0.3 is 0 Å². The molecule has 1 aromatic carbocycles. The smallest absolute Gasteiger partial charge is 0.230 e. The van der Waals surface area contributed by atoms with E-state index in [1.54, 1.807) is 14.2 Å². The van der Waals surface area contributed by atoms with Crippen LogP contribution in [0.15, 0.2) is 30.8 Å². The number of nitrogens with zero attached hydrogens (tertiary/aromatic N) is 5. The third kappa shape index (κ3) is 12.8. The van der Waals surface area contributed by atoms with Crippen LogP contribution in [0, 0.1) is 0 Å². The van der Waals surface area contributed by atoms with Gasteiger partial charge < -0.3 is 38.2 Å². The molecule has 0 amide bonds. The largest absolute Gasteiger partial charge is 0.382 e. The van der Waals surface area contributed by atoms with Crippen LogP contribution in [0.25, 0.3) is 17.0 Å². The van der Waals surface area contributed by atoms with E-state index < -0.39 is 0 Å². The molecule has 0 atom stereocenters. The molecule has 0 N–H and O–H groups in total. The molecule has 39 heavy (non-hydrogen) atoms. The van der Waals surface area contributed by atoms with Crippen molar-refractivity contribution in [2.45, 2.75) is 6.92 Å². The number of ether oxygens (including phenoxy) is 6. The second-order valence-corrected chi connectivity index (χ2v) is 8.93. The Morgan fingerprint density at radius 3 is 1.59 bits per heavy atom. The molecule has 218 valence electrons. The third-order valence-electron chi connectivity index (χ3n) is 5.55. The van der Waals surface area contributed by atoms with Crippen LogP contribution in [0.2, 0.25) is 0 Å². The molecule has 0 fully saturated rings. The normalized spacial score (nSPS) is 11.1. The summed E-state index contributed by atoms with van der Waals surface area (Å²) >= 11 is 0. The zero-order valence-electron chi connectivity index (χ0n) is 24.2. The zero-order valence-corrected chi connectivity index (χ0v) is 24.2. The van der Waals surface area contributed by atoms with Crippen molar-refractivity contribution < 1.29 is 28.4 Å². The molecule has 1 aromatic heterocycles. The topological polar surface area (TPSA) is 101 Å². The third-order valence-corrected chi connectivity index (χ3v) is 5.55. The molecule has 2 rings (SSSR count). The second kappa shape index (κ2) is 19.4. The van der Waals surface area contributed by atoms with Gasteiger partial charge in [-0.2, -0.15) is 15.0 Å². The molecule has 0 saturated carbocycles. The number of allylic oxidation sites excluding steroid dienone is 1. The highest BCUT2D eigenvalue weighted by atomic mass is 16.5. The van der Waals surface area contributed by atoms with Gasteiger partial charge in [0.15, 0.2) is 5.82 Å². The van der Waals surface area contributed by atoms with Crippen LogP contribution >= 0.6 is 0 Å². The summed E-state index contributed by atoms with van der Waals surface area (Å²) in [5.41, 5.74) is 2.99. The van der Waals surface area contributed by atoms with Crippen LogP contribution in [0.5, 0.6) is 0 Å². The number of hydrogen-bond acceptors (Lipinski definition) is 11. The fraction of sp³-hybridized carbons (Fsp3) is 0.607. The maximum absolute atomic E-state index is 5.81. The average Bonchev–Trinajstić information content (AvgIpc) is 2.94. The van der Waals surface area contributed by atoms with Gasteiger partial charge in [-0.15, -0.1) is 0 Å². The van der Waals surface area contributed by atoms with Gasteiger partial charge in [0.1, 0.15) is 0 Å². The van der Waals surface area contributed by atoms with E-state index in [4.69, 9.17) is 38.4 Å². The minimum absolute atomic E-state index is 0.486. The number of benzene rings is 1. The Bertz CT molecular complexity index is 925. The minimum Gasteiger partial charge on any atom is -0.382 e. The van der Waals surface area contributed by atoms with Crippen molar-refractivity contribution in [3.8, 4) is 11.4 Å². The zero-order chi connectivity index (χ0) is 28.3. The predicted molar refractivity (Wildman–Crippen MR) is 154 cm³/mol. The summed E-state index contributed by atoms with van der Waals surface area (Å²) in [5, 5.41) is 0. The van der Waals surface area contributed by atoms with E-state index in [2.05, 4.69) is 16.5 Å². The van der Waals surface area contributed by atoms with Gasteiger partial charge in [0.2, 0.25) is 11.9 Å². The molecule has 2 aromatic rings. The van der Waals surface area contributed by atoms with Crippen molar-refractivity contribution in [3.05, 3.63) is 36.4 Å². The number of methoxy groups -OCH3 is 2. The second-order valence-electron chi connectivity index (χ2n) is 8.93. The number of hydrogen-bond donors (Lipinski definition) is 0. The van der Waals surface area contributed by atoms with E-state index in [1.807, 2.05) is 50.2 Å². The molecule has 0 saturated heterocycles. The number of aromatic nitrogens is 3. The number of rotatable bonds is 22. The predicted octanol–water partition coefficient (Wildman–Crippen LogP) is 2.80. The van der Waals surface area contributed by atoms with Crippen molar-refractivity contribution in [2.75, 3.05) is 117 Å². The molecule has 0 spiro atoms. The maximum Gasteiger partial charge on any atom is 0.230 e. The first kappa shape index (κ1) is 32.5. The van der Waals surface area contributed by atoms with Gasteiger partial charge in [0.25, 0.3) is 0 Å². The Labute approximate surface area is 233 Å². The molecule has 1 heterocycles. The van der Waals surface area contributed by atoms with Crippen LogP contribution in [-0.2, 0) is 28.4 Å². The van der Waals surface area contributed by atoms with Crippen molar-refractivity contribution in [1.82, 2.24) is 15.0 Å². The molecule has 11 heteroatoms. The highest BCUT2D eigenvalue weighted by Gasteiger charge is 2.16. The van der Waals surface area contributed by atoms with Crippen molar-refractivity contribution >= 4 is 17.5 Å². The first-order chi connectivity index (χ1) is 19.0. The van der Waals surface area contributed by atoms with Crippen LogP contribution in [-0.4, -0.2) is 122 Å². The van der Waals surface area contributed by atoms with Crippen LogP contribution in [0.4, 0.5) is 11.9 Å². The van der Waals surface area contributed by atoms with E-state index >= 15 is 0 Å². The summed E-state index contributed by atoms with van der Waals surface area (Å²) in [6, 6.07) is 8.07. The summed E-state index contributed by atoms with van der Waals surface area (Å²) in [7, 11) is 7.13. The summed E-state index contributed by atoms with van der Waals surface area (Å²) in [6.07, 6.45) is 0. The van der Waals surface area contributed by atoms with Gasteiger partial charge in [-0.3, -0.25) is 0 Å². The quantitative estimate of drug-likeness (QED) is 0.203. The van der Waals surface area contributed by atoms with Gasteiger partial charge in [-0.1, -0.05) is 36.4 Å². The van der Waals surface area contributed by atoms with Crippen LogP contribution < -0.4 is 9.80 Å². The lowest BCUT2D eigenvalue weighted by molar-refractivity contribution is 0.0235. The fourth-order valence-corrected chi connectivity index (χ4v) is 3.32. The molecule has 0 aliphatic rings. The lowest BCUT2D eigenvalue weighted by Gasteiger charge is -2.24.